The van der Waals surface area contributed by atoms with Crippen molar-refractivity contribution < 1.29 is 4.39 Å². The molecule has 0 fully saturated rings. The van der Waals surface area contributed by atoms with E-state index in [1.165, 1.54) is 11.3 Å². The van der Waals surface area contributed by atoms with E-state index in [1.807, 2.05) is 12.1 Å². The molecule has 2 rings (SSSR count). The molecule has 0 saturated carbocycles. The van der Waals surface area contributed by atoms with E-state index in [1.54, 1.807) is 6.07 Å². The Bertz CT molecular complexity index is 438. The Morgan fingerprint density at radius 1 is 1.42 bits per heavy atom. The molecule has 1 nitrogen and oxygen atoms in total. The number of hydrogen-bond donors (Lipinski definition) is 1. The van der Waals surface area contributed by atoms with Gasteiger partial charge < -0.3 is 5.73 Å². The number of anilines is 1. The standard InChI is InChI=1S/C8H5BrFNS/c9-6-3-4-1-2-5(11)7(10)8(4)12-6/h1-3H,11H2. The molecule has 2 aromatic rings. The van der Waals surface area contributed by atoms with Gasteiger partial charge in [-0.3, -0.25) is 0 Å². The van der Waals surface area contributed by atoms with E-state index in [0.717, 1.165) is 9.17 Å². The number of hydrogen-bond acceptors (Lipinski definition) is 2. The average molecular weight is 246 g/mol. The Labute approximate surface area is 81.1 Å². The molecule has 0 atom stereocenters. The van der Waals surface area contributed by atoms with Crippen LogP contribution in [0.4, 0.5) is 10.1 Å². The molecule has 12 heavy (non-hydrogen) atoms. The van der Waals surface area contributed by atoms with Crippen molar-refractivity contribution in [2.45, 2.75) is 0 Å². The van der Waals surface area contributed by atoms with Gasteiger partial charge >= 0.3 is 0 Å². The monoisotopic (exact) mass is 245 g/mol. The zero-order valence-electron chi connectivity index (χ0n) is 5.97. The minimum atomic E-state index is -0.316. The van der Waals surface area contributed by atoms with Gasteiger partial charge in [0, 0.05) is 0 Å². The predicted octanol–water partition coefficient (Wildman–Crippen LogP) is 3.39. The van der Waals surface area contributed by atoms with Gasteiger partial charge in [0.25, 0.3) is 0 Å². The van der Waals surface area contributed by atoms with Gasteiger partial charge in [-0.05, 0) is 33.4 Å². The SMILES string of the molecule is Nc1ccc2cc(Br)sc2c1F. The number of thiophene rings is 1. The molecule has 0 spiro atoms. The normalized spacial score (nSPS) is 10.8. The van der Waals surface area contributed by atoms with Crippen molar-refractivity contribution in [2.24, 2.45) is 0 Å². The van der Waals surface area contributed by atoms with Crippen molar-refractivity contribution in [3.63, 3.8) is 0 Å². The van der Waals surface area contributed by atoms with Crippen LogP contribution in [0.1, 0.15) is 0 Å². The fourth-order valence-corrected chi connectivity index (χ4v) is 2.62. The lowest BCUT2D eigenvalue weighted by Gasteiger charge is -1.95. The summed E-state index contributed by atoms with van der Waals surface area (Å²) < 4.78 is 14.8. The topological polar surface area (TPSA) is 26.0 Å². The van der Waals surface area contributed by atoms with Crippen molar-refractivity contribution in [3.05, 3.63) is 27.8 Å². The van der Waals surface area contributed by atoms with Crippen LogP contribution >= 0.6 is 27.3 Å². The Hall–Kier alpha value is -0.610. The quantitative estimate of drug-likeness (QED) is 0.708. The van der Waals surface area contributed by atoms with Crippen molar-refractivity contribution in [1.82, 2.24) is 0 Å². The summed E-state index contributed by atoms with van der Waals surface area (Å²) in [5, 5.41) is 0.888. The van der Waals surface area contributed by atoms with Gasteiger partial charge in [0.05, 0.1) is 14.2 Å². The molecule has 0 radical (unpaired) electrons. The average Bonchev–Trinajstić information content (AvgIpc) is 2.39. The van der Waals surface area contributed by atoms with E-state index in [-0.39, 0.29) is 11.5 Å². The van der Waals surface area contributed by atoms with Gasteiger partial charge in [-0.2, -0.15) is 0 Å². The first-order chi connectivity index (χ1) is 5.68. The van der Waals surface area contributed by atoms with Crippen LogP contribution in [0.25, 0.3) is 10.1 Å². The first kappa shape index (κ1) is 8.01. The summed E-state index contributed by atoms with van der Waals surface area (Å²) in [6.45, 7) is 0. The second-order valence-corrected chi connectivity index (χ2v) is 4.87. The maximum atomic E-state index is 13.3. The molecule has 0 amide bonds. The summed E-state index contributed by atoms with van der Waals surface area (Å²) in [5.41, 5.74) is 5.62. The molecule has 0 aliphatic rings. The highest BCUT2D eigenvalue weighted by Gasteiger charge is 2.07. The summed E-state index contributed by atoms with van der Waals surface area (Å²) in [7, 11) is 0. The van der Waals surface area contributed by atoms with Gasteiger partial charge in [0.2, 0.25) is 0 Å². The second kappa shape index (κ2) is 2.71. The molecule has 0 saturated heterocycles. The van der Waals surface area contributed by atoms with E-state index < -0.39 is 0 Å². The lowest BCUT2D eigenvalue weighted by atomic mass is 10.2. The highest BCUT2D eigenvalue weighted by molar-refractivity contribution is 9.11. The van der Waals surface area contributed by atoms with Gasteiger partial charge in [-0.15, -0.1) is 11.3 Å². The van der Waals surface area contributed by atoms with Gasteiger partial charge in [0.1, 0.15) is 0 Å². The Kier molecular flexibility index (Phi) is 1.81. The fraction of sp³-hybridized carbons (Fsp3) is 0. The maximum Gasteiger partial charge on any atom is 0.163 e. The third-order valence-electron chi connectivity index (χ3n) is 1.63. The first-order valence-electron chi connectivity index (χ1n) is 3.31. The number of rotatable bonds is 0. The van der Waals surface area contributed by atoms with Crippen LogP contribution in [0.2, 0.25) is 0 Å². The zero-order chi connectivity index (χ0) is 8.72. The Morgan fingerprint density at radius 3 is 2.92 bits per heavy atom. The minimum Gasteiger partial charge on any atom is -0.396 e. The molecular formula is C8H5BrFNS. The minimum absolute atomic E-state index is 0.205. The van der Waals surface area contributed by atoms with E-state index in [9.17, 15) is 4.39 Å². The molecule has 1 heterocycles. The highest BCUT2D eigenvalue weighted by Crippen LogP contribution is 2.33. The molecule has 0 aliphatic carbocycles. The molecule has 0 bridgehead atoms. The summed E-state index contributed by atoms with van der Waals surface area (Å²) in [4.78, 5) is 0. The van der Waals surface area contributed by atoms with E-state index in [2.05, 4.69) is 15.9 Å². The summed E-state index contributed by atoms with van der Waals surface area (Å²) in [5.74, 6) is -0.316. The molecule has 62 valence electrons. The third kappa shape index (κ3) is 1.11. The number of halogens is 2. The van der Waals surface area contributed by atoms with Crippen LogP contribution in [0.5, 0.6) is 0 Å². The molecular weight excluding hydrogens is 241 g/mol. The number of fused-ring (bicyclic) bond motifs is 1. The van der Waals surface area contributed by atoms with Crippen LogP contribution in [0, 0.1) is 5.82 Å². The van der Waals surface area contributed by atoms with E-state index in [4.69, 9.17) is 5.73 Å². The van der Waals surface area contributed by atoms with Gasteiger partial charge in [-0.25, -0.2) is 4.39 Å². The van der Waals surface area contributed by atoms with Gasteiger partial charge in [-0.1, -0.05) is 6.07 Å². The van der Waals surface area contributed by atoms with E-state index in [0.29, 0.717) is 4.70 Å². The number of nitrogen functional groups attached to an aromatic ring is 1. The smallest absolute Gasteiger partial charge is 0.163 e. The zero-order valence-corrected chi connectivity index (χ0v) is 8.38. The molecule has 0 unspecified atom stereocenters. The van der Waals surface area contributed by atoms with Crippen molar-refractivity contribution in [2.75, 3.05) is 5.73 Å². The lowest BCUT2D eigenvalue weighted by Crippen LogP contribution is -1.88. The van der Waals surface area contributed by atoms with Gasteiger partial charge in [0.15, 0.2) is 5.82 Å². The fourth-order valence-electron chi connectivity index (χ4n) is 1.05. The maximum absolute atomic E-state index is 13.3. The van der Waals surface area contributed by atoms with Crippen LogP contribution in [0.15, 0.2) is 22.0 Å². The predicted molar refractivity (Wildman–Crippen MR) is 53.9 cm³/mol. The van der Waals surface area contributed by atoms with Crippen molar-refractivity contribution in [3.8, 4) is 0 Å². The first-order valence-corrected chi connectivity index (χ1v) is 4.92. The van der Waals surface area contributed by atoms with Crippen LogP contribution in [-0.2, 0) is 0 Å². The molecule has 1 aromatic heterocycles. The van der Waals surface area contributed by atoms with Crippen molar-refractivity contribution in [1.29, 1.82) is 0 Å². The molecule has 4 heteroatoms. The highest BCUT2D eigenvalue weighted by atomic mass is 79.9. The molecule has 0 aliphatic heterocycles. The molecule has 1 aromatic carbocycles. The summed E-state index contributed by atoms with van der Waals surface area (Å²) in [6, 6.07) is 5.27. The van der Waals surface area contributed by atoms with Crippen LogP contribution in [-0.4, -0.2) is 0 Å². The third-order valence-corrected chi connectivity index (χ3v) is 3.27. The van der Waals surface area contributed by atoms with E-state index >= 15 is 0 Å². The van der Waals surface area contributed by atoms with Crippen LogP contribution < -0.4 is 5.73 Å². The number of benzene rings is 1. The number of nitrogens with two attached hydrogens (primary N) is 1. The molecule has 2 N–H and O–H groups in total. The summed E-state index contributed by atoms with van der Waals surface area (Å²) >= 11 is 4.65. The second-order valence-electron chi connectivity index (χ2n) is 2.44. The summed E-state index contributed by atoms with van der Waals surface area (Å²) in [6.07, 6.45) is 0. The Morgan fingerprint density at radius 2 is 2.17 bits per heavy atom. The largest absolute Gasteiger partial charge is 0.396 e. The van der Waals surface area contributed by atoms with Crippen molar-refractivity contribution >= 4 is 43.0 Å². The lowest BCUT2D eigenvalue weighted by molar-refractivity contribution is 0.646. The Balaban J connectivity index is 2.89. The van der Waals surface area contributed by atoms with Crippen LogP contribution in [0.3, 0.4) is 0 Å².